The van der Waals surface area contributed by atoms with Gasteiger partial charge in [-0.25, -0.2) is 28.6 Å². The molecule has 2 amide bonds. The van der Waals surface area contributed by atoms with Gasteiger partial charge in [0.25, 0.3) is 0 Å². The molecule has 1 saturated heterocycles. The number of fused-ring (bicyclic) bond motifs is 1. The number of aliphatic hydroxyl groups excluding tert-OH is 2. The predicted molar refractivity (Wildman–Crippen MR) is 182 cm³/mol. The van der Waals surface area contributed by atoms with Gasteiger partial charge in [0, 0.05) is 42.9 Å². The van der Waals surface area contributed by atoms with E-state index in [9.17, 15) is 57.9 Å². The van der Waals surface area contributed by atoms with E-state index in [1.807, 2.05) is 0 Å². The molecule has 0 spiro atoms. The van der Waals surface area contributed by atoms with Crippen molar-refractivity contribution < 1.29 is 80.5 Å². The quantitative estimate of drug-likeness (QED) is 0.0513. The zero-order chi connectivity index (χ0) is 39.8. The van der Waals surface area contributed by atoms with Gasteiger partial charge in [0.05, 0.1) is 19.5 Å². The number of hydrogen-bond donors (Lipinski definition) is 9. The summed E-state index contributed by atoms with van der Waals surface area (Å²) < 4.78 is 62.0. The largest absolute Gasteiger partial charge is 0.481 e. The number of ether oxygens (including phenoxy) is 1. The van der Waals surface area contributed by atoms with Crippen LogP contribution >= 0.6 is 35.2 Å². The highest BCUT2D eigenvalue weighted by Crippen LogP contribution is 2.61. The molecule has 1 aliphatic heterocycles. The second-order valence-electron chi connectivity index (χ2n) is 12.1. The third-order valence-electron chi connectivity index (χ3n) is 7.24. The van der Waals surface area contributed by atoms with E-state index < -0.39 is 78.6 Å². The first-order valence-corrected chi connectivity index (χ1v) is 21.2. The lowest BCUT2D eigenvalue weighted by atomic mass is 9.87. The maximum atomic E-state index is 12.6. The highest BCUT2D eigenvalue weighted by molar-refractivity contribution is 7.99. The summed E-state index contributed by atoms with van der Waals surface area (Å²) in [6, 6.07) is 0. The van der Waals surface area contributed by atoms with Crippen LogP contribution < -0.4 is 16.4 Å². The number of nitrogens with two attached hydrogens (primary N) is 1. The van der Waals surface area contributed by atoms with Crippen molar-refractivity contribution in [2.24, 2.45) is 5.41 Å². The average Bonchev–Trinajstić information content (AvgIpc) is 3.60. The highest BCUT2D eigenvalue weighted by atomic mass is 32.2. The third kappa shape index (κ3) is 14.0. The van der Waals surface area contributed by atoms with Crippen LogP contribution in [0.1, 0.15) is 39.8 Å². The van der Waals surface area contributed by atoms with Gasteiger partial charge in [-0.1, -0.05) is 13.8 Å². The monoisotopic (exact) mass is 837 g/mol. The lowest BCUT2D eigenvalue weighted by Crippen LogP contribution is -2.46. The number of nitrogens with one attached hydrogen (secondary N) is 2. The molecule has 1 fully saturated rings. The number of aromatic nitrogens is 4. The lowest BCUT2D eigenvalue weighted by Gasteiger charge is -2.30. The van der Waals surface area contributed by atoms with Gasteiger partial charge in [-0.2, -0.15) is 16.1 Å². The molecule has 3 heterocycles. The van der Waals surface area contributed by atoms with Crippen LogP contribution in [0.25, 0.3) is 11.2 Å². The molecule has 28 heteroatoms. The number of Topliss-reactive ketones (excluding diaryl/α,β-unsaturated/α-hetero) is 1. The van der Waals surface area contributed by atoms with E-state index >= 15 is 0 Å². The zero-order valence-corrected chi connectivity index (χ0v) is 32.0. The summed E-state index contributed by atoms with van der Waals surface area (Å²) in [5.41, 5.74) is 4.28. The molecule has 1 aliphatic rings. The van der Waals surface area contributed by atoms with Gasteiger partial charge in [0.15, 0.2) is 17.7 Å². The molecule has 0 bridgehead atoms. The van der Waals surface area contributed by atoms with E-state index in [4.69, 9.17) is 19.5 Å². The summed E-state index contributed by atoms with van der Waals surface area (Å²) in [5, 5.41) is 26.4. The molecule has 0 aliphatic carbocycles. The fourth-order valence-electron chi connectivity index (χ4n) is 4.52. The number of carbonyl (C=O) groups excluding carboxylic acids is 3. The van der Waals surface area contributed by atoms with Crippen molar-refractivity contribution in [1.29, 1.82) is 0 Å². The first-order chi connectivity index (χ1) is 24.5. The summed E-state index contributed by atoms with van der Waals surface area (Å²) in [4.78, 5) is 86.2. The summed E-state index contributed by atoms with van der Waals surface area (Å²) in [6.45, 7) is 2.19. The second kappa shape index (κ2) is 18.9. The number of carbonyl (C=O) groups is 3. The molecule has 2 aromatic heterocycles. The minimum Gasteiger partial charge on any atom is -0.386 e. The Kier molecular flexibility index (Phi) is 16.1. The Bertz CT molecular complexity index is 1750. The van der Waals surface area contributed by atoms with Gasteiger partial charge in [-0.05, 0) is 6.92 Å². The molecule has 2 unspecified atom stereocenters. The van der Waals surface area contributed by atoms with Crippen molar-refractivity contribution in [3.05, 3.63) is 12.7 Å². The molecule has 2 aromatic rings. The molecule has 0 aromatic carbocycles. The fraction of sp³-hybridized carbons (Fsp3) is 0.680. The number of nitrogens with zero attached hydrogens (tertiary/aromatic N) is 4. The maximum Gasteiger partial charge on any atom is 0.481 e. The Morgan fingerprint density at radius 1 is 1.04 bits per heavy atom. The minimum absolute atomic E-state index is 0.0328. The van der Waals surface area contributed by atoms with Crippen molar-refractivity contribution in [3.8, 4) is 0 Å². The van der Waals surface area contributed by atoms with E-state index in [1.54, 1.807) is 0 Å². The van der Waals surface area contributed by atoms with E-state index in [0.29, 0.717) is 24.5 Å². The molecule has 24 nitrogen and oxygen atoms in total. The Balaban J connectivity index is 1.51. The van der Waals surface area contributed by atoms with E-state index in [0.717, 1.165) is 17.2 Å². The third-order valence-corrected chi connectivity index (χ3v) is 11.3. The molecule has 300 valence electrons. The first-order valence-electron chi connectivity index (χ1n) is 15.5. The number of rotatable bonds is 22. The normalized spacial score (nSPS) is 22.2. The van der Waals surface area contributed by atoms with Crippen molar-refractivity contribution in [2.45, 2.75) is 64.3 Å². The highest BCUT2D eigenvalue weighted by Gasteiger charge is 2.50. The zero-order valence-electron chi connectivity index (χ0n) is 28.5. The first kappa shape index (κ1) is 45.0. The molecule has 53 heavy (non-hydrogen) atoms. The number of ketones is 1. The van der Waals surface area contributed by atoms with Crippen LogP contribution in [0.15, 0.2) is 12.7 Å². The number of phosphoric acid groups is 3. The number of aliphatic hydroxyl groups is 2. The molecule has 0 saturated carbocycles. The van der Waals surface area contributed by atoms with Crippen LogP contribution in [0, 0.1) is 5.41 Å². The Labute approximate surface area is 306 Å². The predicted octanol–water partition coefficient (Wildman–Crippen LogP) is -0.883. The van der Waals surface area contributed by atoms with Crippen LogP contribution in [0.5, 0.6) is 0 Å². The second-order valence-corrected chi connectivity index (χ2v) is 17.6. The van der Waals surface area contributed by atoms with Gasteiger partial charge >= 0.3 is 23.5 Å². The summed E-state index contributed by atoms with van der Waals surface area (Å²) >= 11 is 1.49. The number of anilines is 1. The van der Waals surface area contributed by atoms with Crippen LogP contribution in [0.2, 0.25) is 0 Å². The van der Waals surface area contributed by atoms with E-state index in [1.165, 1.54) is 32.5 Å². The minimum atomic E-state index is -5.56. The van der Waals surface area contributed by atoms with Crippen molar-refractivity contribution in [3.63, 3.8) is 0 Å². The number of nitrogen functional groups attached to an aromatic ring is 1. The number of hydrogen-bond acceptors (Lipinski definition) is 18. The standard InChI is InChI=1S/C25H42N7O17P3S/c1-14(33)5-8-53-9-7-27-16(34)4-6-28-23(37)20(36)25(2,3)11-46-52(43,44)49-51(41,42)45-10-15-19(48-50(38,39)40)18(35)24(47-15)32-13-31-17-21(26)29-12-30-22(17)32/h12-13,15,18-20,24,35-36H,4-11H2,1-3H3,(H,27,34)(H,28,37)(H,41,42)(H,43,44)(H2,26,29,30)(H2,38,39,40)/t15-,18-,19-,20+,24-/m1/s1. The molecule has 7 atom stereocenters. The topological polar surface area (TPSA) is 364 Å². The number of phosphoric ester groups is 3. The van der Waals surface area contributed by atoms with Crippen LogP contribution in [-0.2, 0) is 50.7 Å². The van der Waals surface area contributed by atoms with Gasteiger partial charge < -0.3 is 50.9 Å². The van der Waals surface area contributed by atoms with Crippen molar-refractivity contribution in [1.82, 2.24) is 30.2 Å². The van der Waals surface area contributed by atoms with Crippen molar-refractivity contribution >= 4 is 69.8 Å². The Morgan fingerprint density at radius 3 is 2.38 bits per heavy atom. The Morgan fingerprint density at radius 2 is 1.72 bits per heavy atom. The Hall–Kier alpha value is -2.44. The van der Waals surface area contributed by atoms with E-state index in [2.05, 4.69) is 34.4 Å². The number of imidazole rings is 1. The average molecular weight is 838 g/mol. The van der Waals surface area contributed by atoms with Gasteiger partial charge in [-0.15, -0.1) is 0 Å². The lowest BCUT2D eigenvalue weighted by molar-refractivity contribution is -0.137. The molecular formula is C25H42N7O17P3S. The van der Waals surface area contributed by atoms with Crippen molar-refractivity contribution in [2.75, 3.05) is 43.5 Å². The summed E-state index contributed by atoms with van der Waals surface area (Å²) in [7, 11) is -16.4. The molecule has 0 radical (unpaired) electrons. The maximum absolute atomic E-state index is 12.6. The van der Waals surface area contributed by atoms with Gasteiger partial charge in [0.1, 0.15) is 42.0 Å². The SMILES string of the molecule is CC(=O)CCSCCNC(=O)CCNC(=O)[C@H](O)C(C)(C)COP(=O)(O)OP(=O)(O)OC[C@H]1O[C@@H](n2cnc3c(N)ncnc32)[C@H](O)[C@@H]1OP(=O)(O)O. The van der Waals surface area contributed by atoms with Crippen LogP contribution in [0.3, 0.4) is 0 Å². The summed E-state index contributed by atoms with van der Waals surface area (Å²) in [5.74, 6) is -0.0945. The van der Waals surface area contributed by atoms with Crippen LogP contribution in [-0.4, -0.2) is 129 Å². The molecule has 10 N–H and O–H groups in total. The van der Waals surface area contributed by atoms with Gasteiger partial charge in [-0.3, -0.25) is 32.5 Å². The summed E-state index contributed by atoms with van der Waals surface area (Å²) in [6.07, 6.45) is -6.39. The fourth-order valence-corrected chi connectivity index (χ4v) is 8.23. The molecular weight excluding hydrogens is 795 g/mol. The number of amides is 2. The van der Waals surface area contributed by atoms with Gasteiger partial charge in [0.2, 0.25) is 11.8 Å². The van der Waals surface area contributed by atoms with Crippen LogP contribution in [0.4, 0.5) is 5.82 Å². The van der Waals surface area contributed by atoms with E-state index in [-0.39, 0.29) is 41.6 Å². The smallest absolute Gasteiger partial charge is 0.386 e. The number of thioether (sulfide) groups is 1. The molecule has 3 rings (SSSR count).